The third-order valence-corrected chi connectivity index (χ3v) is 5.18. The maximum atomic E-state index is 12.4. The number of amides is 2. The van der Waals surface area contributed by atoms with Gasteiger partial charge in [0.05, 0.1) is 6.54 Å². The summed E-state index contributed by atoms with van der Waals surface area (Å²) in [6.07, 6.45) is 4.28. The van der Waals surface area contributed by atoms with E-state index in [9.17, 15) is 9.59 Å². The fourth-order valence-corrected chi connectivity index (χ4v) is 3.48. The van der Waals surface area contributed by atoms with E-state index in [0.717, 1.165) is 24.1 Å². The Hall–Kier alpha value is -2.44. The molecule has 1 aliphatic rings. The van der Waals surface area contributed by atoms with Crippen LogP contribution in [0.4, 0.5) is 0 Å². The minimum absolute atomic E-state index is 0.0270. The van der Waals surface area contributed by atoms with Crippen molar-refractivity contribution in [1.29, 1.82) is 0 Å². The molecule has 1 fully saturated rings. The van der Waals surface area contributed by atoms with Crippen molar-refractivity contribution in [1.82, 2.24) is 15.1 Å². The Bertz CT molecular complexity index is 831. The molecule has 0 radical (unpaired) electrons. The Morgan fingerprint density at radius 1 is 1.00 bits per heavy atom. The maximum absolute atomic E-state index is 12.4. The zero-order valence-corrected chi connectivity index (χ0v) is 17.3. The Balaban J connectivity index is 1.39. The molecule has 1 aliphatic heterocycles. The van der Waals surface area contributed by atoms with E-state index < -0.39 is 0 Å². The molecule has 1 saturated heterocycles. The lowest BCUT2D eigenvalue weighted by Crippen LogP contribution is -2.51. The first-order valence-electron chi connectivity index (χ1n) is 9.37. The number of rotatable bonds is 6. The molecule has 1 N–H and O–H groups in total. The standard InChI is InChI=1S/C22H24BrN3O2/c23-20-10-4-9-19(16-20)22(28)24-17-21(27)26-14-12-25(13-15-26)11-5-8-18-6-2-1-3-7-18/h1-10,16H,11-15,17H2,(H,24,28)/b8-5+. The predicted molar refractivity (Wildman–Crippen MR) is 115 cm³/mol. The van der Waals surface area contributed by atoms with Gasteiger partial charge in [0.15, 0.2) is 0 Å². The summed E-state index contributed by atoms with van der Waals surface area (Å²) >= 11 is 3.35. The fraction of sp³-hybridized carbons (Fsp3) is 0.273. The van der Waals surface area contributed by atoms with Gasteiger partial charge in [-0.1, -0.05) is 64.5 Å². The SMILES string of the molecule is O=C(NCC(=O)N1CCN(C/C=C/c2ccccc2)CC1)c1cccc(Br)c1. The van der Waals surface area contributed by atoms with Gasteiger partial charge in [-0.25, -0.2) is 0 Å². The van der Waals surface area contributed by atoms with Crippen LogP contribution in [0.15, 0.2) is 65.1 Å². The minimum atomic E-state index is -0.237. The lowest BCUT2D eigenvalue weighted by atomic mass is 10.2. The Labute approximate surface area is 174 Å². The van der Waals surface area contributed by atoms with Crippen LogP contribution in [0, 0.1) is 0 Å². The summed E-state index contributed by atoms with van der Waals surface area (Å²) in [6.45, 7) is 3.94. The van der Waals surface area contributed by atoms with Crippen LogP contribution in [0.25, 0.3) is 6.08 Å². The van der Waals surface area contributed by atoms with Crippen molar-refractivity contribution in [3.05, 3.63) is 76.3 Å². The second kappa shape index (κ2) is 10.2. The number of halogens is 1. The van der Waals surface area contributed by atoms with Gasteiger partial charge in [-0.2, -0.15) is 0 Å². The number of carbonyl (C=O) groups excluding carboxylic acids is 2. The highest BCUT2D eigenvalue weighted by Gasteiger charge is 2.20. The van der Waals surface area contributed by atoms with Crippen molar-refractivity contribution >= 4 is 33.8 Å². The molecule has 0 atom stereocenters. The number of piperazine rings is 1. The van der Waals surface area contributed by atoms with Crippen LogP contribution in [0.3, 0.4) is 0 Å². The van der Waals surface area contributed by atoms with Gasteiger partial charge in [0, 0.05) is 42.8 Å². The lowest BCUT2D eigenvalue weighted by molar-refractivity contribution is -0.131. The van der Waals surface area contributed by atoms with Gasteiger partial charge in [0.25, 0.3) is 5.91 Å². The third-order valence-electron chi connectivity index (χ3n) is 4.69. The molecule has 2 amide bonds. The molecule has 28 heavy (non-hydrogen) atoms. The molecule has 6 heteroatoms. The zero-order valence-electron chi connectivity index (χ0n) is 15.7. The molecular weight excluding hydrogens is 418 g/mol. The van der Waals surface area contributed by atoms with Crippen LogP contribution < -0.4 is 5.32 Å². The number of nitrogens with one attached hydrogen (secondary N) is 1. The number of nitrogens with zero attached hydrogens (tertiary/aromatic N) is 2. The van der Waals surface area contributed by atoms with Gasteiger partial charge in [0.2, 0.25) is 5.91 Å². The van der Waals surface area contributed by atoms with Crippen LogP contribution in [0.1, 0.15) is 15.9 Å². The third kappa shape index (κ3) is 6.04. The molecule has 5 nitrogen and oxygen atoms in total. The lowest BCUT2D eigenvalue weighted by Gasteiger charge is -2.34. The molecule has 0 aliphatic carbocycles. The van der Waals surface area contributed by atoms with Gasteiger partial charge >= 0.3 is 0 Å². The summed E-state index contributed by atoms with van der Waals surface area (Å²) in [5.41, 5.74) is 1.73. The van der Waals surface area contributed by atoms with Gasteiger partial charge in [-0.05, 0) is 23.8 Å². The molecule has 0 saturated carbocycles. The molecule has 0 unspecified atom stereocenters. The minimum Gasteiger partial charge on any atom is -0.343 e. The number of hydrogen-bond donors (Lipinski definition) is 1. The van der Waals surface area contributed by atoms with Crippen molar-refractivity contribution in [2.24, 2.45) is 0 Å². The summed E-state index contributed by atoms with van der Waals surface area (Å²) in [7, 11) is 0. The molecule has 0 bridgehead atoms. The van der Waals surface area contributed by atoms with Gasteiger partial charge in [-0.15, -0.1) is 0 Å². The summed E-state index contributed by atoms with van der Waals surface area (Å²) in [5.74, 6) is -0.276. The summed E-state index contributed by atoms with van der Waals surface area (Å²) in [5, 5.41) is 2.71. The van der Waals surface area contributed by atoms with Crippen molar-refractivity contribution in [2.75, 3.05) is 39.3 Å². The number of hydrogen-bond acceptors (Lipinski definition) is 3. The highest BCUT2D eigenvalue weighted by atomic mass is 79.9. The first kappa shape index (κ1) is 20.3. The van der Waals surface area contributed by atoms with E-state index in [2.05, 4.69) is 50.4 Å². The average Bonchev–Trinajstić information content (AvgIpc) is 2.73. The predicted octanol–water partition coefficient (Wildman–Crippen LogP) is 3.04. The summed E-state index contributed by atoms with van der Waals surface area (Å²) in [6, 6.07) is 17.3. The van der Waals surface area contributed by atoms with Gasteiger partial charge in [-0.3, -0.25) is 14.5 Å². The molecular formula is C22H24BrN3O2. The largest absolute Gasteiger partial charge is 0.343 e. The average molecular weight is 442 g/mol. The van der Waals surface area contributed by atoms with Gasteiger partial charge in [0.1, 0.15) is 0 Å². The Morgan fingerprint density at radius 2 is 1.75 bits per heavy atom. The molecule has 2 aromatic carbocycles. The molecule has 0 spiro atoms. The summed E-state index contributed by atoms with van der Waals surface area (Å²) in [4.78, 5) is 28.7. The van der Waals surface area contributed by atoms with Crippen LogP contribution in [-0.4, -0.2) is 60.9 Å². The number of benzene rings is 2. The van der Waals surface area contributed by atoms with Crippen molar-refractivity contribution < 1.29 is 9.59 Å². The van der Waals surface area contributed by atoms with Crippen LogP contribution >= 0.6 is 15.9 Å². The van der Waals surface area contributed by atoms with Crippen LogP contribution in [0.5, 0.6) is 0 Å². The molecule has 146 valence electrons. The van der Waals surface area contributed by atoms with E-state index in [4.69, 9.17) is 0 Å². The monoisotopic (exact) mass is 441 g/mol. The smallest absolute Gasteiger partial charge is 0.251 e. The zero-order chi connectivity index (χ0) is 19.8. The molecule has 1 heterocycles. The van der Waals surface area contributed by atoms with Crippen molar-refractivity contribution in [2.45, 2.75) is 0 Å². The van der Waals surface area contributed by atoms with E-state index in [0.29, 0.717) is 18.7 Å². The topological polar surface area (TPSA) is 52.7 Å². The molecule has 3 rings (SSSR count). The summed E-state index contributed by atoms with van der Waals surface area (Å²) < 4.78 is 0.837. The van der Waals surface area contributed by atoms with E-state index in [-0.39, 0.29) is 18.4 Å². The molecule has 2 aromatic rings. The van der Waals surface area contributed by atoms with Crippen LogP contribution in [0.2, 0.25) is 0 Å². The molecule has 0 aromatic heterocycles. The van der Waals surface area contributed by atoms with E-state index in [1.807, 2.05) is 29.2 Å². The number of carbonyl (C=O) groups is 2. The highest BCUT2D eigenvalue weighted by Crippen LogP contribution is 2.11. The highest BCUT2D eigenvalue weighted by molar-refractivity contribution is 9.10. The van der Waals surface area contributed by atoms with Gasteiger partial charge < -0.3 is 10.2 Å². The first-order valence-corrected chi connectivity index (χ1v) is 10.2. The normalized spacial score (nSPS) is 15.0. The van der Waals surface area contributed by atoms with Crippen LogP contribution in [-0.2, 0) is 4.79 Å². The van der Waals surface area contributed by atoms with Crippen molar-refractivity contribution in [3.8, 4) is 0 Å². The second-order valence-electron chi connectivity index (χ2n) is 6.69. The van der Waals surface area contributed by atoms with E-state index >= 15 is 0 Å². The fourth-order valence-electron chi connectivity index (χ4n) is 3.08. The van der Waals surface area contributed by atoms with Crippen molar-refractivity contribution in [3.63, 3.8) is 0 Å². The Kier molecular flexibility index (Phi) is 7.39. The Morgan fingerprint density at radius 3 is 2.46 bits per heavy atom. The van der Waals surface area contributed by atoms with E-state index in [1.165, 1.54) is 5.56 Å². The second-order valence-corrected chi connectivity index (χ2v) is 7.60. The quantitative estimate of drug-likeness (QED) is 0.749. The van der Waals surface area contributed by atoms with E-state index in [1.54, 1.807) is 18.2 Å². The first-order chi connectivity index (χ1) is 13.6. The maximum Gasteiger partial charge on any atom is 0.251 e.